The second kappa shape index (κ2) is 7.19. The molecule has 7 nitrogen and oxygen atoms in total. The van der Waals surface area contributed by atoms with Crippen LogP contribution >= 0.6 is 0 Å². The predicted molar refractivity (Wildman–Crippen MR) is 98.2 cm³/mol. The molecular formula is C19H24N4O3. The average molecular weight is 356 g/mol. The van der Waals surface area contributed by atoms with Gasteiger partial charge in [-0.1, -0.05) is 18.2 Å². The molecule has 1 unspecified atom stereocenters. The standard InChI is InChI=1S/C19H24N4O3/c1-13-11-15-5-3-4-6-16(15)22(13)8-7-18(25)23-10-9-21(14(2)24)12-17(23)19(20)26/h3-6,11,17H,7-10,12H2,1-2H3,(H2,20,26). The number of piperazine rings is 1. The van der Waals surface area contributed by atoms with Crippen LogP contribution < -0.4 is 5.73 Å². The highest BCUT2D eigenvalue weighted by atomic mass is 16.2. The summed E-state index contributed by atoms with van der Waals surface area (Å²) in [6.45, 7) is 4.93. The molecule has 138 valence electrons. The van der Waals surface area contributed by atoms with Crippen LogP contribution in [0.3, 0.4) is 0 Å². The first-order valence-corrected chi connectivity index (χ1v) is 8.77. The van der Waals surface area contributed by atoms with E-state index in [1.807, 2.05) is 31.2 Å². The van der Waals surface area contributed by atoms with Crippen molar-refractivity contribution in [1.82, 2.24) is 14.4 Å². The number of aromatic nitrogens is 1. The number of aryl methyl sites for hydroxylation is 2. The van der Waals surface area contributed by atoms with E-state index in [1.165, 1.54) is 11.8 Å². The maximum absolute atomic E-state index is 12.7. The Morgan fingerprint density at radius 1 is 1.19 bits per heavy atom. The van der Waals surface area contributed by atoms with Crippen LogP contribution in [-0.2, 0) is 20.9 Å². The lowest BCUT2D eigenvalue weighted by Crippen LogP contribution is -2.60. The molecule has 1 aliphatic rings. The van der Waals surface area contributed by atoms with Crippen molar-refractivity contribution in [2.24, 2.45) is 5.73 Å². The SMILES string of the molecule is CC(=O)N1CCN(C(=O)CCn2c(C)cc3ccccc32)C(C(N)=O)C1. The minimum absolute atomic E-state index is 0.113. The van der Waals surface area contributed by atoms with Gasteiger partial charge in [-0.05, 0) is 24.4 Å². The van der Waals surface area contributed by atoms with Crippen LogP contribution in [0.2, 0.25) is 0 Å². The highest BCUT2D eigenvalue weighted by Gasteiger charge is 2.34. The van der Waals surface area contributed by atoms with Crippen LogP contribution in [0.15, 0.2) is 30.3 Å². The summed E-state index contributed by atoms with van der Waals surface area (Å²) in [6.07, 6.45) is 0.281. The third-order valence-electron chi connectivity index (χ3n) is 5.04. The van der Waals surface area contributed by atoms with Crippen molar-refractivity contribution in [2.75, 3.05) is 19.6 Å². The van der Waals surface area contributed by atoms with Crippen molar-refractivity contribution < 1.29 is 14.4 Å². The average Bonchev–Trinajstić information content (AvgIpc) is 2.94. The lowest BCUT2D eigenvalue weighted by atomic mass is 10.1. The summed E-state index contributed by atoms with van der Waals surface area (Å²) in [7, 11) is 0. The Hall–Kier alpha value is -2.83. The van der Waals surface area contributed by atoms with E-state index < -0.39 is 11.9 Å². The number of para-hydroxylation sites is 1. The van der Waals surface area contributed by atoms with E-state index in [0.29, 0.717) is 19.6 Å². The zero-order valence-electron chi connectivity index (χ0n) is 15.1. The lowest BCUT2D eigenvalue weighted by Gasteiger charge is -2.39. The number of rotatable bonds is 4. The summed E-state index contributed by atoms with van der Waals surface area (Å²) in [4.78, 5) is 39.1. The van der Waals surface area contributed by atoms with Gasteiger partial charge in [-0.3, -0.25) is 14.4 Å². The molecule has 3 amide bonds. The number of benzene rings is 1. The van der Waals surface area contributed by atoms with Gasteiger partial charge in [0.1, 0.15) is 6.04 Å². The second-order valence-corrected chi connectivity index (χ2v) is 6.72. The molecule has 2 aromatic rings. The Balaban J connectivity index is 1.71. The monoisotopic (exact) mass is 356 g/mol. The fraction of sp³-hybridized carbons (Fsp3) is 0.421. The molecule has 7 heteroatoms. The molecule has 3 rings (SSSR count). The summed E-state index contributed by atoms with van der Waals surface area (Å²) in [6, 6.07) is 9.38. The smallest absolute Gasteiger partial charge is 0.242 e. The van der Waals surface area contributed by atoms with E-state index in [9.17, 15) is 14.4 Å². The molecular weight excluding hydrogens is 332 g/mol. The molecule has 1 saturated heterocycles. The maximum Gasteiger partial charge on any atom is 0.242 e. The zero-order chi connectivity index (χ0) is 18.8. The van der Waals surface area contributed by atoms with Gasteiger partial charge in [0, 0.05) is 44.2 Å². The van der Waals surface area contributed by atoms with Crippen LogP contribution in [0.5, 0.6) is 0 Å². The van der Waals surface area contributed by atoms with Gasteiger partial charge in [-0.15, -0.1) is 0 Å². The number of carbonyl (C=O) groups is 3. The van der Waals surface area contributed by atoms with Crippen molar-refractivity contribution >= 4 is 28.6 Å². The van der Waals surface area contributed by atoms with Gasteiger partial charge in [0.25, 0.3) is 0 Å². The summed E-state index contributed by atoms with van der Waals surface area (Å²) >= 11 is 0. The molecule has 0 spiro atoms. The fourth-order valence-electron chi connectivity index (χ4n) is 3.61. The van der Waals surface area contributed by atoms with Crippen molar-refractivity contribution in [2.45, 2.75) is 32.9 Å². The van der Waals surface area contributed by atoms with Crippen molar-refractivity contribution in [3.8, 4) is 0 Å². The first-order chi connectivity index (χ1) is 12.4. The van der Waals surface area contributed by atoms with Crippen LogP contribution in [0, 0.1) is 6.92 Å². The highest BCUT2D eigenvalue weighted by molar-refractivity contribution is 5.88. The van der Waals surface area contributed by atoms with Crippen molar-refractivity contribution in [3.05, 3.63) is 36.0 Å². The molecule has 1 fully saturated rings. The molecule has 1 aromatic heterocycles. The number of hydrogen-bond acceptors (Lipinski definition) is 3. The largest absolute Gasteiger partial charge is 0.368 e. The zero-order valence-corrected chi connectivity index (χ0v) is 15.1. The predicted octanol–water partition coefficient (Wildman–Crippen LogP) is 0.884. The first kappa shape index (κ1) is 18.0. The third-order valence-corrected chi connectivity index (χ3v) is 5.04. The number of carbonyl (C=O) groups excluding carboxylic acids is 3. The Morgan fingerprint density at radius 3 is 2.62 bits per heavy atom. The van der Waals surface area contributed by atoms with E-state index >= 15 is 0 Å². The summed E-state index contributed by atoms with van der Waals surface area (Å²) in [5, 5.41) is 1.14. The van der Waals surface area contributed by atoms with E-state index in [0.717, 1.165) is 16.6 Å². The molecule has 1 aliphatic heterocycles. The molecule has 1 atom stereocenters. The number of nitrogens with two attached hydrogens (primary N) is 1. The first-order valence-electron chi connectivity index (χ1n) is 8.77. The second-order valence-electron chi connectivity index (χ2n) is 6.72. The van der Waals surface area contributed by atoms with Crippen molar-refractivity contribution in [3.63, 3.8) is 0 Å². The molecule has 0 bridgehead atoms. The fourth-order valence-corrected chi connectivity index (χ4v) is 3.61. The van der Waals surface area contributed by atoms with E-state index in [-0.39, 0.29) is 24.8 Å². The molecule has 0 radical (unpaired) electrons. The third kappa shape index (κ3) is 3.42. The van der Waals surface area contributed by atoms with Gasteiger partial charge in [0.15, 0.2) is 0 Å². The molecule has 2 heterocycles. The highest BCUT2D eigenvalue weighted by Crippen LogP contribution is 2.20. The number of amides is 3. The van der Waals surface area contributed by atoms with Gasteiger partial charge in [-0.2, -0.15) is 0 Å². The van der Waals surface area contributed by atoms with Crippen LogP contribution in [0.4, 0.5) is 0 Å². The van der Waals surface area contributed by atoms with E-state index in [4.69, 9.17) is 5.73 Å². The van der Waals surface area contributed by atoms with Gasteiger partial charge in [0.2, 0.25) is 17.7 Å². The van der Waals surface area contributed by atoms with Gasteiger partial charge in [0.05, 0.1) is 6.54 Å². The molecule has 2 N–H and O–H groups in total. The van der Waals surface area contributed by atoms with Gasteiger partial charge in [-0.25, -0.2) is 0 Å². The normalized spacial score (nSPS) is 17.5. The maximum atomic E-state index is 12.7. The van der Waals surface area contributed by atoms with Gasteiger partial charge >= 0.3 is 0 Å². The summed E-state index contributed by atoms with van der Waals surface area (Å²) < 4.78 is 2.11. The Bertz CT molecular complexity index is 858. The number of primary amides is 1. The van der Waals surface area contributed by atoms with E-state index in [1.54, 1.807) is 4.90 Å². The Kier molecular flexibility index (Phi) is 4.97. The quantitative estimate of drug-likeness (QED) is 0.882. The van der Waals surface area contributed by atoms with Crippen LogP contribution in [0.1, 0.15) is 19.0 Å². The Morgan fingerprint density at radius 2 is 1.92 bits per heavy atom. The minimum Gasteiger partial charge on any atom is -0.368 e. The van der Waals surface area contributed by atoms with E-state index in [2.05, 4.69) is 10.6 Å². The topological polar surface area (TPSA) is 88.6 Å². The molecule has 26 heavy (non-hydrogen) atoms. The van der Waals surface area contributed by atoms with Crippen LogP contribution in [-0.4, -0.2) is 57.8 Å². The number of fused-ring (bicyclic) bond motifs is 1. The Labute approximate surface area is 152 Å². The minimum atomic E-state index is -0.761. The summed E-state index contributed by atoms with van der Waals surface area (Å²) in [5.74, 6) is -0.807. The number of hydrogen-bond donors (Lipinski definition) is 1. The number of nitrogens with zero attached hydrogens (tertiary/aromatic N) is 3. The van der Waals surface area contributed by atoms with Gasteiger partial charge < -0.3 is 20.1 Å². The van der Waals surface area contributed by atoms with Crippen molar-refractivity contribution in [1.29, 1.82) is 0 Å². The molecule has 1 aromatic carbocycles. The summed E-state index contributed by atoms with van der Waals surface area (Å²) in [5.41, 5.74) is 7.65. The molecule has 0 aliphatic carbocycles. The molecule has 0 saturated carbocycles. The van der Waals surface area contributed by atoms with Crippen LogP contribution in [0.25, 0.3) is 10.9 Å². The lowest BCUT2D eigenvalue weighted by molar-refractivity contribution is -0.146.